The van der Waals surface area contributed by atoms with Gasteiger partial charge in [-0.25, -0.2) is 4.98 Å². The summed E-state index contributed by atoms with van der Waals surface area (Å²) in [5, 5.41) is 3.06. The van der Waals surface area contributed by atoms with E-state index in [-0.39, 0.29) is 17.7 Å². The van der Waals surface area contributed by atoms with Crippen molar-refractivity contribution in [2.24, 2.45) is 0 Å². The van der Waals surface area contributed by atoms with Crippen LogP contribution in [0.3, 0.4) is 0 Å². The van der Waals surface area contributed by atoms with Crippen molar-refractivity contribution in [2.75, 3.05) is 13.1 Å². The molecule has 2 aromatic rings. The number of nitrogens with one attached hydrogen (secondary N) is 1. The first-order chi connectivity index (χ1) is 18.9. The first-order valence-electron chi connectivity index (χ1n) is 13.8. The average Bonchev–Trinajstić information content (AvgIpc) is 3.75. The number of aromatic nitrogens is 1. The van der Waals surface area contributed by atoms with Crippen molar-refractivity contribution in [3.8, 4) is 10.4 Å². The second-order valence-corrected chi connectivity index (χ2v) is 11.5. The number of aryl methyl sites for hydroxylation is 1. The van der Waals surface area contributed by atoms with Gasteiger partial charge in [0, 0.05) is 25.2 Å². The Morgan fingerprint density at radius 2 is 1.95 bits per heavy atom. The highest BCUT2D eigenvalue weighted by Crippen LogP contribution is 2.42. The fraction of sp³-hybridized carbons (Fsp3) is 0.419. The zero-order chi connectivity index (χ0) is 27.6. The van der Waals surface area contributed by atoms with Crippen LogP contribution in [0.4, 0.5) is 0 Å². The lowest BCUT2D eigenvalue weighted by atomic mass is 9.92. The Balaban J connectivity index is 1.28. The van der Waals surface area contributed by atoms with Crippen LogP contribution in [0, 0.1) is 6.92 Å². The molecule has 1 N–H and O–H groups in total. The molecule has 0 spiro atoms. The molecule has 39 heavy (non-hydrogen) atoms. The number of hydrogen-bond donors (Lipinski definition) is 1. The summed E-state index contributed by atoms with van der Waals surface area (Å²) in [6.45, 7) is 9.09. The van der Waals surface area contributed by atoms with Crippen LogP contribution in [0.25, 0.3) is 10.4 Å². The van der Waals surface area contributed by atoms with Gasteiger partial charge in [0.2, 0.25) is 11.8 Å². The van der Waals surface area contributed by atoms with Gasteiger partial charge in [0.05, 0.1) is 16.1 Å². The van der Waals surface area contributed by atoms with Crippen LogP contribution in [-0.4, -0.2) is 57.2 Å². The Hall–Kier alpha value is -3.52. The lowest BCUT2D eigenvalue weighted by Gasteiger charge is -2.41. The molecule has 2 aliphatic heterocycles. The molecule has 0 bridgehead atoms. The molecular weight excluding hydrogens is 508 g/mol. The minimum Gasteiger partial charge on any atom is -0.350 e. The molecule has 3 aliphatic rings. The van der Waals surface area contributed by atoms with Gasteiger partial charge in [-0.3, -0.25) is 14.4 Å². The molecule has 1 aromatic carbocycles. The first-order valence-corrected chi connectivity index (χ1v) is 14.7. The van der Waals surface area contributed by atoms with E-state index in [9.17, 15) is 14.4 Å². The number of thiazole rings is 1. The molecule has 2 fully saturated rings. The van der Waals surface area contributed by atoms with Crippen molar-refractivity contribution >= 4 is 29.1 Å². The third-order valence-corrected chi connectivity index (χ3v) is 9.29. The monoisotopic (exact) mass is 544 g/mol. The minimum atomic E-state index is -0.901. The Morgan fingerprint density at radius 3 is 2.59 bits per heavy atom. The van der Waals surface area contributed by atoms with E-state index in [0.29, 0.717) is 44.5 Å². The lowest BCUT2D eigenvalue weighted by Crippen LogP contribution is -2.61. The zero-order valence-corrected chi connectivity index (χ0v) is 23.6. The van der Waals surface area contributed by atoms with Crippen LogP contribution in [-0.2, 0) is 20.9 Å². The van der Waals surface area contributed by atoms with E-state index in [0.717, 1.165) is 46.5 Å². The second-order valence-electron chi connectivity index (χ2n) is 10.6. The number of rotatable bonds is 8. The Bertz CT molecular complexity index is 1330. The second kappa shape index (κ2) is 11.3. The molecular formula is C31H36N4O3S. The van der Waals surface area contributed by atoms with Crippen molar-refractivity contribution < 1.29 is 14.4 Å². The van der Waals surface area contributed by atoms with E-state index in [1.54, 1.807) is 27.2 Å². The number of carbonyl (C=O) groups is 3. The van der Waals surface area contributed by atoms with Gasteiger partial charge in [0.25, 0.3) is 5.91 Å². The molecule has 0 radical (unpaired) electrons. The van der Waals surface area contributed by atoms with E-state index in [1.165, 1.54) is 0 Å². The predicted molar refractivity (Wildman–Crippen MR) is 154 cm³/mol. The summed E-state index contributed by atoms with van der Waals surface area (Å²) in [6.07, 6.45) is 9.87. The van der Waals surface area contributed by atoms with Crippen LogP contribution in [0.5, 0.6) is 0 Å². The predicted octanol–water partition coefficient (Wildman–Crippen LogP) is 4.94. The summed E-state index contributed by atoms with van der Waals surface area (Å²) in [4.78, 5) is 50.0. The number of likely N-dealkylation sites (tertiary alicyclic amines) is 1. The van der Waals surface area contributed by atoms with Gasteiger partial charge in [-0.05, 0) is 56.2 Å². The number of nitrogens with zero attached hydrogens (tertiary/aromatic N) is 3. The summed E-state index contributed by atoms with van der Waals surface area (Å²) < 4.78 is 0. The first kappa shape index (κ1) is 27.1. The van der Waals surface area contributed by atoms with E-state index < -0.39 is 11.6 Å². The van der Waals surface area contributed by atoms with Gasteiger partial charge in [0.15, 0.2) is 0 Å². The fourth-order valence-corrected chi connectivity index (χ4v) is 7.10. The van der Waals surface area contributed by atoms with Crippen molar-refractivity contribution in [1.29, 1.82) is 0 Å². The molecule has 1 unspecified atom stereocenters. The van der Waals surface area contributed by atoms with Crippen molar-refractivity contribution in [1.82, 2.24) is 20.1 Å². The van der Waals surface area contributed by atoms with Gasteiger partial charge >= 0.3 is 0 Å². The van der Waals surface area contributed by atoms with Crippen LogP contribution in [0.2, 0.25) is 0 Å². The van der Waals surface area contributed by atoms with E-state index in [2.05, 4.69) is 29.0 Å². The van der Waals surface area contributed by atoms with Crippen molar-refractivity contribution in [2.45, 2.75) is 70.5 Å². The van der Waals surface area contributed by atoms with E-state index >= 15 is 0 Å². The number of hydrogen-bond acceptors (Lipinski definition) is 5. The molecule has 5 rings (SSSR count). The molecule has 7 nitrogen and oxygen atoms in total. The molecule has 1 aliphatic carbocycles. The SMILES string of the molecule is C=CC1=C(/C=C\C)CN(C2(C(=O)N3CCCC3C(=O)NCc3ccc(-c4scnc4C)cc3)CCCC2)C1=O. The van der Waals surface area contributed by atoms with Crippen molar-refractivity contribution in [3.63, 3.8) is 0 Å². The number of amides is 3. The molecule has 1 atom stereocenters. The summed E-state index contributed by atoms with van der Waals surface area (Å²) in [5.41, 5.74) is 5.53. The van der Waals surface area contributed by atoms with Gasteiger partial charge in [-0.1, -0.05) is 61.9 Å². The third kappa shape index (κ3) is 4.98. The van der Waals surface area contributed by atoms with Crippen LogP contribution in [0.1, 0.15) is 56.7 Å². The molecule has 3 amide bonds. The third-order valence-electron chi connectivity index (χ3n) is 8.31. The van der Waals surface area contributed by atoms with Gasteiger partial charge in [0.1, 0.15) is 11.6 Å². The van der Waals surface area contributed by atoms with Gasteiger partial charge in [-0.15, -0.1) is 11.3 Å². The fourth-order valence-electron chi connectivity index (χ4n) is 6.29. The molecule has 3 heterocycles. The largest absolute Gasteiger partial charge is 0.350 e. The zero-order valence-electron chi connectivity index (χ0n) is 22.7. The molecule has 8 heteroatoms. The van der Waals surface area contributed by atoms with Crippen LogP contribution in [0.15, 0.2) is 65.7 Å². The smallest absolute Gasteiger partial charge is 0.255 e. The molecule has 204 valence electrons. The maximum Gasteiger partial charge on any atom is 0.255 e. The highest BCUT2D eigenvalue weighted by molar-refractivity contribution is 7.13. The minimum absolute atomic E-state index is 0.0829. The van der Waals surface area contributed by atoms with Gasteiger partial charge < -0.3 is 15.1 Å². The summed E-state index contributed by atoms with van der Waals surface area (Å²) in [5.74, 6) is -0.352. The van der Waals surface area contributed by atoms with E-state index in [1.807, 2.05) is 43.6 Å². The lowest BCUT2D eigenvalue weighted by molar-refractivity contribution is -0.153. The molecule has 1 saturated heterocycles. The summed E-state index contributed by atoms with van der Waals surface area (Å²) in [6, 6.07) is 7.63. The van der Waals surface area contributed by atoms with Crippen molar-refractivity contribution in [3.05, 3.63) is 77.0 Å². The highest BCUT2D eigenvalue weighted by Gasteiger charge is 2.54. The number of allylic oxidation sites excluding steroid dienone is 1. The Morgan fingerprint density at radius 1 is 1.21 bits per heavy atom. The quantitative estimate of drug-likeness (QED) is 0.510. The number of benzene rings is 1. The molecule has 1 saturated carbocycles. The standard InChI is InChI=1S/C31H36N4O3S/c1-4-9-24-19-35(29(37)25(24)5-2)31(15-6-7-16-31)30(38)34-17-8-10-26(34)28(36)32-18-22-11-13-23(14-12-22)27-21(3)33-20-39-27/h4-5,9,11-14,20,26H,2,6-8,10,15-19H2,1,3H3,(H,32,36)/b9-4-. The number of carbonyl (C=O) groups excluding carboxylic acids is 3. The maximum atomic E-state index is 14.2. The normalized spacial score (nSPS) is 20.9. The maximum absolute atomic E-state index is 14.2. The average molecular weight is 545 g/mol. The highest BCUT2D eigenvalue weighted by atomic mass is 32.1. The van der Waals surface area contributed by atoms with Crippen LogP contribution >= 0.6 is 11.3 Å². The molecule has 1 aromatic heterocycles. The summed E-state index contributed by atoms with van der Waals surface area (Å²) in [7, 11) is 0. The van der Waals surface area contributed by atoms with E-state index in [4.69, 9.17) is 0 Å². The van der Waals surface area contributed by atoms with Gasteiger partial charge in [-0.2, -0.15) is 0 Å². The summed E-state index contributed by atoms with van der Waals surface area (Å²) >= 11 is 1.62. The Kier molecular flexibility index (Phi) is 7.84. The van der Waals surface area contributed by atoms with Crippen LogP contribution < -0.4 is 5.32 Å². The Labute approximate surface area is 234 Å². The topological polar surface area (TPSA) is 82.6 Å².